The smallest absolute Gasteiger partial charge is 0.323 e. The summed E-state index contributed by atoms with van der Waals surface area (Å²) in [5.74, 6) is -3.03. The molecule has 0 atom stereocenters. The zero-order valence-corrected chi connectivity index (χ0v) is 20.8. The number of imide groups is 1. The van der Waals surface area contributed by atoms with Gasteiger partial charge in [-0.2, -0.15) is 0 Å². The predicted octanol–water partition coefficient (Wildman–Crippen LogP) is 1.96. The van der Waals surface area contributed by atoms with Crippen LogP contribution in [-0.4, -0.2) is 68.6 Å². The number of carboxylic acids is 1. The van der Waals surface area contributed by atoms with Crippen molar-refractivity contribution < 1.29 is 27.9 Å². The van der Waals surface area contributed by atoms with E-state index in [0.29, 0.717) is 18.0 Å². The van der Waals surface area contributed by atoms with Crippen molar-refractivity contribution in [1.82, 2.24) is 9.62 Å². The van der Waals surface area contributed by atoms with Gasteiger partial charge in [-0.05, 0) is 49.6 Å². The Morgan fingerprint density at radius 3 is 2.49 bits per heavy atom. The van der Waals surface area contributed by atoms with Crippen molar-refractivity contribution in [3.05, 3.63) is 69.7 Å². The molecule has 0 fully saturated rings. The molecule has 0 unspecified atom stereocenters. The molecule has 11 heteroatoms. The predicted molar refractivity (Wildman–Crippen MR) is 133 cm³/mol. The second kappa shape index (κ2) is 11.6. The molecular formula is C24H28N4O6S. The number of allylic oxidation sites excluding steroid dienone is 2. The maximum Gasteiger partial charge on any atom is 0.323 e. The molecule has 2 N–H and O–H groups in total. The van der Waals surface area contributed by atoms with Crippen LogP contribution in [0.25, 0.3) is 10.9 Å². The van der Waals surface area contributed by atoms with E-state index in [0.717, 1.165) is 23.1 Å². The summed E-state index contributed by atoms with van der Waals surface area (Å²) in [7, 11) is -3.26. The number of carbonyl (C=O) groups excluding carboxylic acids is 2. The standard InChI is InChI=1S/C24H28N4O6S/c1-6-27(13-12-26-35(5,33)34)19-11-10-18(16(2)14-19)8-7-9-20-17(3)22(25-4)24(32)28(23(20)31)15-21(29)30/h7-11,14,26H,6,12-13,15H2,1-3,5H3,(H,29,30)/b8-7?,20-9-. The van der Waals surface area contributed by atoms with Crippen LogP contribution in [0.15, 0.2) is 47.2 Å². The van der Waals surface area contributed by atoms with Gasteiger partial charge in [0.05, 0.1) is 12.8 Å². The molecule has 1 aliphatic rings. The van der Waals surface area contributed by atoms with Crippen LogP contribution >= 0.6 is 0 Å². The number of rotatable bonds is 10. The fraction of sp³-hybridized carbons (Fsp3) is 0.333. The Bertz CT molecular complexity index is 1270. The highest BCUT2D eigenvalue weighted by Gasteiger charge is 2.36. The Hall–Kier alpha value is -3.75. The molecule has 1 heterocycles. The molecule has 1 aromatic rings. The van der Waals surface area contributed by atoms with Gasteiger partial charge in [0.15, 0.2) is 0 Å². The molecule has 186 valence electrons. The van der Waals surface area contributed by atoms with Gasteiger partial charge >= 0.3 is 5.97 Å². The Labute approximate surface area is 205 Å². The number of nitrogens with zero attached hydrogens (tertiary/aromatic N) is 3. The lowest BCUT2D eigenvalue weighted by atomic mass is 9.98. The van der Waals surface area contributed by atoms with Gasteiger partial charge in [0, 0.05) is 30.9 Å². The number of anilines is 1. The molecule has 0 radical (unpaired) electrons. The quantitative estimate of drug-likeness (QED) is 0.285. The van der Waals surface area contributed by atoms with Gasteiger partial charge in [-0.3, -0.25) is 19.3 Å². The van der Waals surface area contributed by atoms with Gasteiger partial charge in [-0.1, -0.05) is 24.3 Å². The summed E-state index contributed by atoms with van der Waals surface area (Å²) in [6.45, 7) is 13.3. The summed E-state index contributed by atoms with van der Waals surface area (Å²) in [5, 5.41) is 9.02. The van der Waals surface area contributed by atoms with Crippen molar-refractivity contribution in [1.29, 1.82) is 0 Å². The van der Waals surface area contributed by atoms with Gasteiger partial charge in [0.25, 0.3) is 17.5 Å². The van der Waals surface area contributed by atoms with E-state index in [-0.39, 0.29) is 23.4 Å². The molecule has 0 spiro atoms. The van der Waals surface area contributed by atoms with Crippen LogP contribution in [0.3, 0.4) is 0 Å². The molecule has 2 rings (SSSR count). The third-order valence-electron chi connectivity index (χ3n) is 5.37. The van der Waals surface area contributed by atoms with Crippen LogP contribution in [0.1, 0.15) is 25.0 Å². The first-order chi connectivity index (χ1) is 16.4. The number of aryl methyl sites for hydroxylation is 1. The normalized spacial score (nSPS) is 15.7. The summed E-state index contributed by atoms with van der Waals surface area (Å²) in [5.41, 5.74) is 2.74. The third-order valence-corrected chi connectivity index (χ3v) is 6.10. The van der Waals surface area contributed by atoms with Crippen molar-refractivity contribution in [2.24, 2.45) is 0 Å². The number of likely N-dealkylation sites (N-methyl/N-ethyl adjacent to an activating group) is 1. The van der Waals surface area contributed by atoms with Gasteiger partial charge in [0.1, 0.15) is 6.54 Å². The molecule has 2 amide bonds. The number of carbonyl (C=O) groups is 3. The van der Waals surface area contributed by atoms with Crippen molar-refractivity contribution in [2.45, 2.75) is 20.8 Å². The maximum atomic E-state index is 12.7. The second-order valence-electron chi connectivity index (χ2n) is 7.90. The third kappa shape index (κ3) is 7.11. The van der Waals surface area contributed by atoms with E-state index in [4.69, 9.17) is 11.7 Å². The van der Waals surface area contributed by atoms with Crippen LogP contribution < -0.4 is 9.62 Å². The molecule has 35 heavy (non-hydrogen) atoms. The minimum absolute atomic E-state index is 0.0814. The van der Waals surface area contributed by atoms with Gasteiger partial charge in [-0.15, -0.1) is 0 Å². The Kier molecular flexibility index (Phi) is 9.11. The van der Waals surface area contributed by atoms with E-state index in [9.17, 15) is 22.8 Å². The SMILES string of the molecule is [C-]#[N+]C1=C(C)/C(=C/C=Cc2ccc(N(CC)CCNS(C)(=O)=O)cc2C)C(=O)N(CC(=O)O)C1=O. The fourth-order valence-electron chi connectivity index (χ4n) is 3.55. The number of nitrogens with one attached hydrogen (secondary N) is 1. The fourth-order valence-corrected chi connectivity index (χ4v) is 4.01. The first kappa shape index (κ1) is 27.5. The van der Waals surface area contributed by atoms with E-state index in [2.05, 4.69) is 9.57 Å². The number of benzene rings is 1. The van der Waals surface area contributed by atoms with E-state index in [1.54, 1.807) is 12.2 Å². The van der Waals surface area contributed by atoms with E-state index < -0.39 is 34.4 Å². The molecule has 1 aromatic carbocycles. The van der Waals surface area contributed by atoms with Gasteiger partial charge in [-0.25, -0.2) is 18.0 Å². The summed E-state index contributed by atoms with van der Waals surface area (Å²) in [6, 6.07) is 5.77. The average Bonchev–Trinajstić information content (AvgIpc) is 2.77. The molecule has 0 aromatic heterocycles. The molecule has 0 bridgehead atoms. The minimum Gasteiger partial charge on any atom is -0.480 e. The first-order valence-corrected chi connectivity index (χ1v) is 12.6. The Balaban J connectivity index is 2.27. The lowest BCUT2D eigenvalue weighted by Crippen LogP contribution is -2.45. The zero-order valence-electron chi connectivity index (χ0n) is 20.0. The number of hydrogen-bond donors (Lipinski definition) is 2. The maximum absolute atomic E-state index is 12.7. The highest BCUT2D eigenvalue weighted by atomic mass is 32.2. The van der Waals surface area contributed by atoms with Crippen LogP contribution in [0.5, 0.6) is 0 Å². The van der Waals surface area contributed by atoms with E-state index in [1.807, 2.05) is 36.9 Å². The Morgan fingerprint density at radius 2 is 1.94 bits per heavy atom. The van der Waals surface area contributed by atoms with E-state index >= 15 is 0 Å². The average molecular weight is 501 g/mol. The number of amides is 2. The van der Waals surface area contributed by atoms with Crippen molar-refractivity contribution in [3.8, 4) is 0 Å². The number of hydrogen-bond acceptors (Lipinski definition) is 6. The van der Waals surface area contributed by atoms with Crippen LogP contribution in [0.2, 0.25) is 0 Å². The summed E-state index contributed by atoms with van der Waals surface area (Å²) in [6.07, 6.45) is 5.96. The second-order valence-corrected chi connectivity index (χ2v) is 9.74. The lowest BCUT2D eigenvalue weighted by molar-refractivity contribution is -0.149. The van der Waals surface area contributed by atoms with Crippen molar-refractivity contribution in [2.75, 3.05) is 37.3 Å². The molecule has 0 aliphatic carbocycles. The number of sulfonamides is 1. The monoisotopic (exact) mass is 500 g/mol. The van der Waals surface area contributed by atoms with Crippen molar-refractivity contribution >= 4 is 39.6 Å². The molecule has 0 saturated carbocycles. The number of aliphatic carboxylic acids is 1. The summed E-state index contributed by atoms with van der Waals surface area (Å²) >= 11 is 0. The van der Waals surface area contributed by atoms with Crippen LogP contribution in [0.4, 0.5) is 5.69 Å². The minimum atomic E-state index is -3.26. The molecular weight excluding hydrogens is 472 g/mol. The number of carboxylic acid groups (broad SMARTS) is 1. The van der Waals surface area contributed by atoms with Crippen LogP contribution in [-0.2, 0) is 24.4 Å². The topological polar surface area (TPSA) is 128 Å². The van der Waals surface area contributed by atoms with Crippen LogP contribution in [0, 0.1) is 13.5 Å². The first-order valence-electron chi connectivity index (χ1n) is 10.7. The molecule has 0 saturated heterocycles. The molecule has 1 aliphatic heterocycles. The van der Waals surface area contributed by atoms with Gasteiger partial charge in [0.2, 0.25) is 10.0 Å². The highest BCUT2D eigenvalue weighted by molar-refractivity contribution is 7.88. The highest BCUT2D eigenvalue weighted by Crippen LogP contribution is 2.26. The summed E-state index contributed by atoms with van der Waals surface area (Å²) < 4.78 is 25.0. The lowest BCUT2D eigenvalue weighted by Gasteiger charge is -2.26. The zero-order chi connectivity index (χ0) is 26.3. The molecule has 10 nitrogen and oxygen atoms in total. The van der Waals surface area contributed by atoms with E-state index in [1.165, 1.54) is 13.0 Å². The van der Waals surface area contributed by atoms with Crippen molar-refractivity contribution in [3.63, 3.8) is 0 Å². The van der Waals surface area contributed by atoms with Gasteiger partial charge < -0.3 is 10.0 Å². The Morgan fingerprint density at radius 1 is 1.26 bits per heavy atom. The largest absolute Gasteiger partial charge is 0.480 e. The summed E-state index contributed by atoms with van der Waals surface area (Å²) in [4.78, 5) is 41.9.